The zero-order chi connectivity index (χ0) is 18.9. The highest BCUT2D eigenvalue weighted by Gasteiger charge is 2.18. The van der Waals surface area contributed by atoms with Crippen LogP contribution < -0.4 is 0 Å². The van der Waals surface area contributed by atoms with E-state index in [4.69, 9.17) is 21.0 Å². The van der Waals surface area contributed by atoms with Crippen LogP contribution in [-0.2, 0) is 0 Å². The fraction of sp³-hybridized carbons (Fsp3) is 0. The maximum atomic E-state index is 5.98. The minimum absolute atomic E-state index is 0.405. The van der Waals surface area contributed by atoms with Gasteiger partial charge in [-0.2, -0.15) is 0 Å². The third-order valence-corrected chi connectivity index (χ3v) is 4.64. The molecule has 0 aliphatic carbocycles. The Morgan fingerprint density at radius 2 is 1.54 bits per heavy atom. The third-order valence-electron chi connectivity index (χ3n) is 4.38. The van der Waals surface area contributed by atoms with E-state index in [2.05, 4.69) is 15.2 Å². The summed E-state index contributed by atoms with van der Waals surface area (Å²) in [6, 6.07) is 23.0. The molecule has 0 atom stereocenters. The number of aromatic nitrogens is 4. The number of halogens is 1. The second-order valence-electron chi connectivity index (χ2n) is 6.22. The van der Waals surface area contributed by atoms with Crippen LogP contribution in [0.25, 0.3) is 45.2 Å². The van der Waals surface area contributed by atoms with Gasteiger partial charge in [0.15, 0.2) is 5.65 Å². The predicted molar refractivity (Wildman–Crippen MR) is 109 cm³/mol. The Morgan fingerprint density at radius 3 is 2.36 bits per heavy atom. The quantitative estimate of drug-likeness (QED) is 0.401. The number of rotatable bonds is 3. The summed E-state index contributed by atoms with van der Waals surface area (Å²) in [6.45, 7) is 0. The zero-order valence-corrected chi connectivity index (χ0v) is 15.3. The molecule has 5 aromatic rings. The van der Waals surface area contributed by atoms with Crippen LogP contribution in [0.3, 0.4) is 0 Å². The number of pyridine rings is 2. The summed E-state index contributed by atoms with van der Waals surface area (Å²) in [4.78, 5) is 9.13. The number of nitrogens with zero attached hydrogens (tertiary/aromatic N) is 4. The second-order valence-corrected chi connectivity index (χ2v) is 6.66. The van der Waals surface area contributed by atoms with Crippen LogP contribution in [0.5, 0.6) is 0 Å². The first-order valence-electron chi connectivity index (χ1n) is 8.69. The molecule has 0 unspecified atom stereocenters. The lowest BCUT2D eigenvalue weighted by atomic mass is 10.0. The standard InChI is InChI=1S/C22H13ClN4O/c23-17-10-8-15(9-11-17)21-26-27-22(28-21)18-13-16-7-4-12-24-20(16)25-19(18)14-5-2-1-3-6-14/h1-13H. The molecule has 134 valence electrons. The van der Waals surface area contributed by atoms with Crippen LogP contribution in [-0.4, -0.2) is 20.2 Å². The second kappa shape index (κ2) is 6.87. The van der Waals surface area contributed by atoms with Crippen molar-refractivity contribution < 1.29 is 4.42 Å². The van der Waals surface area contributed by atoms with Gasteiger partial charge in [0.2, 0.25) is 11.8 Å². The molecule has 0 radical (unpaired) electrons. The predicted octanol–water partition coefficient (Wildman–Crippen LogP) is 5.67. The van der Waals surface area contributed by atoms with Crippen LogP contribution >= 0.6 is 11.6 Å². The summed E-state index contributed by atoms with van der Waals surface area (Å²) in [7, 11) is 0. The molecule has 0 saturated carbocycles. The van der Waals surface area contributed by atoms with E-state index in [1.54, 1.807) is 18.3 Å². The number of hydrogen-bond acceptors (Lipinski definition) is 5. The fourth-order valence-corrected chi connectivity index (χ4v) is 3.15. The summed E-state index contributed by atoms with van der Waals surface area (Å²) in [6.07, 6.45) is 1.73. The average molecular weight is 385 g/mol. The summed E-state index contributed by atoms with van der Waals surface area (Å²) < 4.78 is 5.98. The molecule has 0 amide bonds. The van der Waals surface area contributed by atoms with E-state index >= 15 is 0 Å². The molecule has 5 nitrogen and oxygen atoms in total. The Labute approximate surface area is 165 Å². The van der Waals surface area contributed by atoms with Crippen molar-refractivity contribution in [2.75, 3.05) is 0 Å². The molecule has 0 N–H and O–H groups in total. The lowest BCUT2D eigenvalue weighted by molar-refractivity contribution is 0.584. The normalized spacial score (nSPS) is 11.0. The highest BCUT2D eigenvalue weighted by atomic mass is 35.5. The average Bonchev–Trinajstić information content (AvgIpc) is 3.24. The van der Waals surface area contributed by atoms with Crippen molar-refractivity contribution in [3.8, 4) is 34.2 Å². The van der Waals surface area contributed by atoms with E-state index in [0.717, 1.165) is 27.8 Å². The topological polar surface area (TPSA) is 64.7 Å². The maximum absolute atomic E-state index is 5.98. The van der Waals surface area contributed by atoms with E-state index in [-0.39, 0.29) is 0 Å². The maximum Gasteiger partial charge on any atom is 0.250 e. The van der Waals surface area contributed by atoms with Crippen LogP contribution in [0.1, 0.15) is 0 Å². The first-order chi connectivity index (χ1) is 13.8. The van der Waals surface area contributed by atoms with E-state index in [0.29, 0.717) is 22.5 Å². The highest BCUT2D eigenvalue weighted by molar-refractivity contribution is 6.30. The van der Waals surface area contributed by atoms with Crippen LogP contribution in [0.2, 0.25) is 5.02 Å². The molecule has 3 heterocycles. The summed E-state index contributed by atoms with van der Waals surface area (Å²) in [5.41, 5.74) is 3.94. The van der Waals surface area contributed by atoms with Gasteiger partial charge in [-0.25, -0.2) is 9.97 Å². The van der Waals surface area contributed by atoms with Gasteiger partial charge in [-0.05, 0) is 42.5 Å². The molecular formula is C22H13ClN4O. The molecule has 5 rings (SSSR count). The molecule has 0 bridgehead atoms. The Kier molecular flexibility index (Phi) is 4.07. The van der Waals surface area contributed by atoms with Gasteiger partial charge in [0, 0.05) is 27.7 Å². The van der Waals surface area contributed by atoms with Gasteiger partial charge in [0.25, 0.3) is 0 Å². The van der Waals surface area contributed by atoms with Gasteiger partial charge in [-0.3, -0.25) is 0 Å². The molecule has 0 aliphatic rings. The van der Waals surface area contributed by atoms with Gasteiger partial charge >= 0.3 is 0 Å². The van der Waals surface area contributed by atoms with Crippen molar-refractivity contribution in [3.05, 3.63) is 84.0 Å². The number of hydrogen-bond donors (Lipinski definition) is 0. The molecule has 3 aromatic heterocycles. The van der Waals surface area contributed by atoms with E-state index in [9.17, 15) is 0 Å². The molecule has 28 heavy (non-hydrogen) atoms. The van der Waals surface area contributed by atoms with Crippen LogP contribution in [0.15, 0.2) is 83.4 Å². The minimum Gasteiger partial charge on any atom is -0.416 e. The minimum atomic E-state index is 0.405. The first kappa shape index (κ1) is 16.6. The molecule has 0 spiro atoms. The number of fused-ring (bicyclic) bond motifs is 1. The molecule has 6 heteroatoms. The van der Waals surface area contributed by atoms with Crippen LogP contribution in [0, 0.1) is 0 Å². The van der Waals surface area contributed by atoms with E-state index < -0.39 is 0 Å². The zero-order valence-electron chi connectivity index (χ0n) is 14.6. The Bertz CT molecular complexity index is 1270. The molecule has 0 saturated heterocycles. The summed E-state index contributed by atoms with van der Waals surface area (Å²) >= 11 is 5.96. The SMILES string of the molecule is Clc1ccc(-c2nnc(-c3cc4cccnc4nc3-c3ccccc3)o2)cc1. The monoisotopic (exact) mass is 384 g/mol. The highest BCUT2D eigenvalue weighted by Crippen LogP contribution is 2.33. The van der Waals surface area contributed by atoms with Crippen molar-refractivity contribution in [3.63, 3.8) is 0 Å². The van der Waals surface area contributed by atoms with Gasteiger partial charge in [-0.1, -0.05) is 41.9 Å². The van der Waals surface area contributed by atoms with Gasteiger partial charge in [0.1, 0.15) is 0 Å². The summed E-state index contributed by atoms with van der Waals surface area (Å²) in [5, 5.41) is 10.0. The van der Waals surface area contributed by atoms with E-state index in [1.165, 1.54) is 0 Å². The molecular weight excluding hydrogens is 372 g/mol. The Hall–Kier alpha value is -3.57. The van der Waals surface area contributed by atoms with Crippen molar-refractivity contribution in [2.45, 2.75) is 0 Å². The smallest absolute Gasteiger partial charge is 0.250 e. The van der Waals surface area contributed by atoms with Crippen molar-refractivity contribution in [2.24, 2.45) is 0 Å². The molecule has 0 fully saturated rings. The fourth-order valence-electron chi connectivity index (χ4n) is 3.03. The molecule has 2 aromatic carbocycles. The van der Waals surface area contributed by atoms with Crippen molar-refractivity contribution in [1.82, 2.24) is 20.2 Å². The third kappa shape index (κ3) is 3.02. The van der Waals surface area contributed by atoms with Crippen molar-refractivity contribution >= 4 is 22.6 Å². The lowest BCUT2D eigenvalue weighted by Crippen LogP contribution is -1.93. The van der Waals surface area contributed by atoms with E-state index in [1.807, 2.05) is 60.7 Å². The first-order valence-corrected chi connectivity index (χ1v) is 9.07. The number of benzene rings is 2. The van der Waals surface area contributed by atoms with Gasteiger partial charge in [0.05, 0.1) is 11.3 Å². The van der Waals surface area contributed by atoms with Crippen molar-refractivity contribution in [1.29, 1.82) is 0 Å². The Balaban J connectivity index is 1.69. The van der Waals surface area contributed by atoms with Gasteiger partial charge < -0.3 is 4.42 Å². The lowest BCUT2D eigenvalue weighted by Gasteiger charge is -2.07. The van der Waals surface area contributed by atoms with Crippen LogP contribution in [0.4, 0.5) is 0 Å². The Morgan fingerprint density at radius 1 is 0.750 bits per heavy atom. The summed E-state index contributed by atoms with van der Waals surface area (Å²) in [5.74, 6) is 0.832. The molecule has 0 aliphatic heterocycles. The van der Waals surface area contributed by atoms with Gasteiger partial charge in [-0.15, -0.1) is 10.2 Å². The largest absolute Gasteiger partial charge is 0.416 e.